The maximum absolute atomic E-state index is 12.8. The van der Waals surface area contributed by atoms with Gasteiger partial charge in [0.25, 0.3) is 0 Å². The molecule has 3 rings (SSSR count). The summed E-state index contributed by atoms with van der Waals surface area (Å²) < 4.78 is 11.2. The summed E-state index contributed by atoms with van der Waals surface area (Å²) in [4.78, 5) is 14.7. The highest BCUT2D eigenvalue weighted by atomic mass is 16.5. The predicted molar refractivity (Wildman–Crippen MR) is 90.3 cm³/mol. The second kappa shape index (κ2) is 6.32. The van der Waals surface area contributed by atoms with Gasteiger partial charge in [-0.2, -0.15) is 0 Å². The number of ether oxygens (including phenoxy) is 2. The minimum atomic E-state index is -0.0223. The Morgan fingerprint density at radius 2 is 2.09 bits per heavy atom. The average molecular weight is 311 g/mol. The van der Waals surface area contributed by atoms with E-state index in [2.05, 4.69) is 0 Å². The molecule has 23 heavy (non-hydrogen) atoms. The molecular formula is C19H21NO3. The Kier molecular flexibility index (Phi) is 4.24. The van der Waals surface area contributed by atoms with E-state index in [1.54, 1.807) is 7.11 Å². The number of nitrogens with zero attached hydrogens (tertiary/aromatic N) is 1. The molecule has 2 aromatic rings. The molecule has 2 aromatic carbocycles. The van der Waals surface area contributed by atoms with E-state index in [4.69, 9.17) is 9.47 Å². The first kappa shape index (κ1) is 15.4. The van der Waals surface area contributed by atoms with Crippen molar-refractivity contribution in [1.82, 2.24) is 0 Å². The zero-order valence-electron chi connectivity index (χ0n) is 13.7. The van der Waals surface area contributed by atoms with E-state index in [1.807, 2.05) is 61.2 Å². The number of rotatable bonds is 3. The quantitative estimate of drug-likeness (QED) is 0.872. The van der Waals surface area contributed by atoms with E-state index in [0.717, 1.165) is 28.3 Å². The van der Waals surface area contributed by atoms with Crippen LogP contribution in [0.2, 0.25) is 0 Å². The van der Waals surface area contributed by atoms with Crippen LogP contribution < -0.4 is 14.4 Å². The van der Waals surface area contributed by atoms with Gasteiger partial charge in [-0.15, -0.1) is 0 Å². The fourth-order valence-electron chi connectivity index (χ4n) is 2.89. The molecule has 0 spiro atoms. The highest BCUT2D eigenvalue weighted by molar-refractivity contribution is 5.97. The lowest BCUT2D eigenvalue weighted by atomic mass is 10.1. The van der Waals surface area contributed by atoms with Crippen molar-refractivity contribution >= 4 is 11.6 Å². The molecule has 1 amide bonds. The molecule has 0 fully saturated rings. The van der Waals surface area contributed by atoms with Crippen molar-refractivity contribution in [2.45, 2.75) is 26.4 Å². The van der Waals surface area contributed by atoms with Crippen molar-refractivity contribution in [3.8, 4) is 11.5 Å². The number of amides is 1. The molecule has 0 unspecified atom stereocenters. The molecule has 0 saturated carbocycles. The largest absolute Gasteiger partial charge is 0.496 e. The van der Waals surface area contributed by atoms with Gasteiger partial charge in [-0.25, -0.2) is 0 Å². The fraction of sp³-hybridized carbons (Fsp3) is 0.316. The summed E-state index contributed by atoms with van der Waals surface area (Å²) in [5.74, 6) is 1.57. The van der Waals surface area contributed by atoms with Crippen LogP contribution in [0.15, 0.2) is 42.5 Å². The standard InChI is InChI=1S/C19H21NO3/c1-13-8-9-16-18(10-13)23-14(2)12-20(16)19(21)11-15-6-4-5-7-17(15)22-3/h4-10,14H,11-12H2,1-3H3/t14-/m1/s1. The van der Waals surface area contributed by atoms with Crippen LogP contribution in [0.3, 0.4) is 0 Å². The number of anilines is 1. The number of aryl methyl sites for hydroxylation is 1. The van der Waals surface area contributed by atoms with Crippen LogP contribution in [0, 0.1) is 6.92 Å². The van der Waals surface area contributed by atoms with Gasteiger partial charge in [0.1, 0.15) is 17.6 Å². The molecule has 4 heteroatoms. The molecule has 120 valence electrons. The third-order valence-corrected chi connectivity index (χ3v) is 4.01. The van der Waals surface area contributed by atoms with E-state index in [1.165, 1.54) is 0 Å². The van der Waals surface area contributed by atoms with Gasteiger partial charge >= 0.3 is 0 Å². The second-order valence-corrected chi connectivity index (χ2v) is 5.89. The molecule has 1 aliphatic heterocycles. The van der Waals surface area contributed by atoms with Crippen molar-refractivity contribution < 1.29 is 14.3 Å². The Bertz CT molecular complexity index is 726. The summed E-state index contributed by atoms with van der Waals surface area (Å²) >= 11 is 0. The fourth-order valence-corrected chi connectivity index (χ4v) is 2.89. The summed E-state index contributed by atoms with van der Waals surface area (Å²) in [6, 6.07) is 13.6. The molecule has 0 aromatic heterocycles. The topological polar surface area (TPSA) is 38.8 Å². The molecule has 0 saturated heterocycles. The summed E-state index contributed by atoms with van der Waals surface area (Å²) in [6.07, 6.45) is 0.287. The molecule has 0 bridgehead atoms. The first-order valence-corrected chi connectivity index (χ1v) is 7.78. The van der Waals surface area contributed by atoms with Gasteiger partial charge in [-0.1, -0.05) is 24.3 Å². The van der Waals surface area contributed by atoms with Crippen LogP contribution in [0.25, 0.3) is 0 Å². The normalized spacial score (nSPS) is 16.5. The van der Waals surface area contributed by atoms with Crippen molar-refractivity contribution in [3.05, 3.63) is 53.6 Å². The lowest BCUT2D eigenvalue weighted by Gasteiger charge is -2.33. The van der Waals surface area contributed by atoms with Crippen LogP contribution in [0.1, 0.15) is 18.1 Å². The highest BCUT2D eigenvalue weighted by Gasteiger charge is 2.28. The van der Waals surface area contributed by atoms with E-state index in [-0.39, 0.29) is 12.0 Å². The molecular weight excluding hydrogens is 290 g/mol. The summed E-state index contributed by atoms with van der Waals surface area (Å²) in [5, 5.41) is 0. The molecule has 1 aliphatic rings. The number of benzene rings is 2. The van der Waals surface area contributed by atoms with E-state index in [9.17, 15) is 4.79 Å². The monoisotopic (exact) mass is 311 g/mol. The van der Waals surface area contributed by atoms with Crippen molar-refractivity contribution in [1.29, 1.82) is 0 Å². The van der Waals surface area contributed by atoms with Crippen molar-refractivity contribution in [3.63, 3.8) is 0 Å². The van der Waals surface area contributed by atoms with E-state index < -0.39 is 0 Å². The summed E-state index contributed by atoms with van der Waals surface area (Å²) in [5.41, 5.74) is 2.86. The lowest BCUT2D eigenvalue weighted by Crippen LogP contribution is -2.43. The third kappa shape index (κ3) is 3.16. The zero-order valence-corrected chi connectivity index (χ0v) is 13.7. The Hall–Kier alpha value is -2.49. The first-order valence-electron chi connectivity index (χ1n) is 7.78. The minimum Gasteiger partial charge on any atom is -0.496 e. The van der Waals surface area contributed by atoms with E-state index in [0.29, 0.717) is 13.0 Å². The van der Waals surface area contributed by atoms with Gasteiger partial charge in [0.2, 0.25) is 5.91 Å². The van der Waals surface area contributed by atoms with Crippen molar-refractivity contribution in [2.24, 2.45) is 0 Å². The van der Waals surface area contributed by atoms with Gasteiger partial charge in [-0.3, -0.25) is 4.79 Å². The number of methoxy groups -OCH3 is 1. The van der Waals surface area contributed by atoms with Gasteiger partial charge in [0.15, 0.2) is 0 Å². The Morgan fingerprint density at radius 1 is 1.30 bits per heavy atom. The Labute approximate surface area is 136 Å². The van der Waals surface area contributed by atoms with Crippen LogP contribution in [0.4, 0.5) is 5.69 Å². The number of fused-ring (bicyclic) bond motifs is 1. The number of carbonyl (C=O) groups excluding carboxylic acids is 1. The van der Waals surface area contributed by atoms with Crippen LogP contribution in [-0.2, 0) is 11.2 Å². The molecule has 1 heterocycles. The number of hydrogen-bond acceptors (Lipinski definition) is 3. The van der Waals surface area contributed by atoms with Crippen LogP contribution >= 0.6 is 0 Å². The van der Waals surface area contributed by atoms with Gasteiger partial charge in [0.05, 0.1) is 25.8 Å². The maximum atomic E-state index is 12.8. The van der Waals surface area contributed by atoms with Gasteiger partial charge in [-0.05, 0) is 37.6 Å². The number of hydrogen-bond donors (Lipinski definition) is 0. The van der Waals surface area contributed by atoms with Gasteiger partial charge in [0, 0.05) is 5.56 Å². The van der Waals surface area contributed by atoms with Crippen LogP contribution in [0.5, 0.6) is 11.5 Å². The SMILES string of the molecule is COc1ccccc1CC(=O)N1C[C@@H](C)Oc2cc(C)ccc21. The third-order valence-electron chi connectivity index (χ3n) is 4.01. The Balaban J connectivity index is 1.88. The first-order chi connectivity index (χ1) is 11.1. The summed E-state index contributed by atoms with van der Waals surface area (Å²) in [7, 11) is 1.62. The minimum absolute atomic E-state index is 0.0223. The molecule has 0 radical (unpaired) electrons. The number of para-hydroxylation sites is 1. The molecule has 0 N–H and O–H groups in total. The molecule has 1 atom stereocenters. The molecule has 0 aliphatic carbocycles. The van der Waals surface area contributed by atoms with E-state index >= 15 is 0 Å². The molecule has 4 nitrogen and oxygen atoms in total. The highest BCUT2D eigenvalue weighted by Crippen LogP contribution is 2.34. The number of carbonyl (C=O) groups is 1. The second-order valence-electron chi connectivity index (χ2n) is 5.89. The Morgan fingerprint density at radius 3 is 2.87 bits per heavy atom. The van der Waals surface area contributed by atoms with Gasteiger partial charge < -0.3 is 14.4 Å². The van der Waals surface area contributed by atoms with Crippen molar-refractivity contribution in [2.75, 3.05) is 18.6 Å². The summed E-state index contributed by atoms with van der Waals surface area (Å²) in [6.45, 7) is 4.56. The predicted octanol–water partition coefficient (Wildman–Crippen LogP) is 3.36. The maximum Gasteiger partial charge on any atom is 0.231 e. The lowest BCUT2D eigenvalue weighted by molar-refractivity contribution is -0.118. The average Bonchev–Trinajstić information content (AvgIpc) is 2.54. The smallest absolute Gasteiger partial charge is 0.231 e. The van der Waals surface area contributed by atoms with Crippen LogP contribution in [-0.4, -0.2) is 25.7 Å². The zero-order chi connectivity index (χ0) is 16.4.